The van der Waals surface area contributed by atoms with Gasteiger partial charge in [0.1, 0.15) is 11.6 Å². The molecule has 0 saturated heterocycles. The molecule has 0 spiro atoms. The van der Waals surface area contributed by atoms with Crippen molar-refractivity contribution in [3.05, 3.63) is 54.1 Å². The number of nitrogen functional groups attached to an aromatic ring is 1. The average Bonchev–Trinajstić information content (AvgIpc) is 3.04. The van der Waals surface area contributed by atoms with Crippen molar-refractivity contribution in [2.45, 2.75) is 12.1 Å². The minimum atomic E-state index is 0.513. The summed E-state index contributed by atoms with van der Waals surface area (Å²) in [4.78, 5) is 9.28. The molecule has 2 aromatic carbocycles. The number of benzene rings is 2. The SMILES string of the molecule is COc1ccc(-n2nc3nc(SC)nc(-c4cccc(C)c4)c3c2N)cc1. The molecule has 0 saturated carbocycles. The maximum Gasteiger partial charge on any atom is 0.190 e. The molecule has 4 aromatic rings. The van der Waals surface area contributed by atoms with Gasteiger partial charge in [0.05, 0.1) is 23.9 Å². The second kappa shape index (κ2) is 6.92. The lowest BCUT2D eigenvalue weighted by Crippen LogP contribution is -2.01. The second-order valence-corrected chi connectivity index (χ2v) is 6.90. The molecule has 0 aliphatic rings. The second-order valence-electron chi connectivity index (χ2n) is 6.12. The standard InChI is InChI=1S/C20H19N5OS/c1-12-5-4-6-13(11-12)17-16-18(21)25(14-7-9-15(26-2)10-8-14)24-19(16)23-20(22-17)27-3/h4-11H,21H2,1-3H3. The number of nitrogens with two attached hydrogens (primary N) is 1. The molecule has 0 bridgehead atoms. The molecular formula is C20H19N5OS. The summed E-state index contributed by atoms with van der Waals surface area (Å²) >= 11 is 1.48. The van der Waals surface area contributed by atoms with Crippen molar-refractivity contribution >= 4 is 28.6 Å². The first-order valence-electron chi connectivity index (χ1n) is 8.42. The normalized spacial score (nSPS) is 11.1. The van der Waals surface area contributed by atoms with Gasteiger partial charge < -0.3 is 10.5 Å². The van der Waals surface area contributed by atoms with Gasteiger partial charge in [-0.1, -0.05) is 35.5 Å². The Morgan fingerprint density at radius 3 is 2.52 bits per heavy atom. The highest BCUT2D eigenvalue weighted by Gasteiger charge is 2.19. The zero-order chi connectivity index (χ0) is 19.0. The Hall–Kier alpha value is -3.06. The summed E-state index contributed by atoms with van der Waals surface area (Å²) in [6.07, 6.45) is 1.95. The van der Waals surface area contributed by atoms with Gasteiger partial charge in [-0.3, -0.25) is 0 Å². The molecule has 0 fully saturated rings. The minimum absolute atomic E-state index is 0.513. The van der Waals surface area contributed by atoms with Crippen LogP contribution in [-0.4, -0.2) is 33.1 Å². The number of hydrogen-bond acceptors (Lipinski definition) is 6. The Labute approximate surface area is 161 Å². The molecule has 0 aliphatic heterocycles. The van der Waals surface area contributed by atoms with Crippen molar-refractivity contribution < 1.29 is 4.74 Å². The van der Waals surface area contributed by atoms with Crippen LogP contribution in [0, 0.1) is 6.92 Å². The molecule has 0 unspecified atom stereocenters. The Kier molecular flexibility index (Phi) is 4.45. The van der Waals surface area contributed by atoms with Crippen LogP contribution in [0.5, 0.6) is 5.75 Å². The number of hydrogen-bond donors (Lipinski definition) is 1. The Morgan fingerprint density at radius 1 is 1.07 bits per heavy atom. The fraction of sp³-hybridized carbons (Fsp3) is 0.150. The molecule has 0 amide bonds. The van der Waals surface area contributed by atoms with Crippen LogP contribution < -0.4 is 10.5 Å². The summed E-state index contributed by atoms with van der Waals surface area (Å²) in [5.74, 6) is 1.29. The van der Waals surface area contributed by atoms with E-state index in [-0.39, 0.29) is 0 Å². The Balaban J connectivity index is 1.97. The van der Waals surface area contributed by atoms with Crippen LogP contribution in [-0.2, 0) is 0 Å². The molecule has 2 aromatic heterocycles. The van der Waals surface area contributed by atoms with E-state index in [9.17, 15) is 0 Å². The van der Waals surface area contributed by atoms with E-state index < -0.39 is 0 Å². The smallest absolute Gasteiger partial charge is 0.190 e. The van der Waals surface area contributed by atoms with Crippen molar-refractivity contribution in [1.29, 1.82) is 0 Å². The van der Waals surface area contributed by atoms with E-state index in [0.29, 0.717) is 16.6 Å². The van der Waals surface area contributed by atoms with Crippen molar-refractivity contribution in [3.8, 4) is 22.7 Å². The van der Waals surface area contributed by atoms with Gasteiger partial charge in [-0.05, 0) is 43.5 Å². The maximum absolute atomic E-state index is 6.49. The van der Waals surface area contributed by atoms with Gasteiger partial charge in [-0.25, -0.2) is 14.6 Å². The highest BCUT2D eigenvalue weighted by molar-refractivity contribution is 7.98. The number of anilines is 1. The van der Waals surface area contributed by atoms with Gasteiger partial charge >= 0.3 is 0 Å². The first-order chi connectivity index (χ1) is 13.1. The largest absolute Gasteiger partial charge is 0.497 e. The van der Waals surface area contributed by atoms with Gasteiger partial charge in [0.2, 0.25) is 0 Å². The van der Waals surface area contributed by atoms with E-state index in [4.69, 9.17) is 15.5 Å². The van der Waals surface area contributed by atoms with Crippen LogP contribution in [0.4, 0.5) is 5.82 Å². The third-order valence-corrected chi connectivity index (χ3v) is 4.89. The van der Waals surface area contributed by atoms with Crippen molar-refractivity contribution in [2.75, 3.05) is 19.1 Å². The molecule has 4 rings (SSSR count). The van der Waals surface area contributed by atoms with E-state index in [0.717, 1.165) is 33.6 Å². The molecule has 0 atom stereocenters. The minimum Gasteiger partial charge on any atom is -0.497 e. The molecule has 2 N–H and O–H groups in total. The first-order valence-corrected chi connectivity index (χ1v) is 9.65. The van der Waals surface area contributed by atoms with Crippen LogP contribution in [0.1, 0.15) is 5.56 Å². The van der Waals surface area contributed by atoms with Crippen LogP contribution in [0.3, 0.4) is 0 Å². The van der Waals surface area contributed by atoms with E-state index >= 15 is 0 Å². The van der Waals surface area contributed by atoms with Gasteiger partial charge in [0.15, 0.2) is 10.8 Å². The Morgan fingerprint density at radius 2 is 1.85 bits per heavy atom. The number of thioether (sulfide) groups is 1. The predicted octanol–water partition coefficient (Wildman–Crippen LogP) is 4.10. The number of nitrogens with zero attached hydrogens (tertiary/aromatic N) is 4. The number of aromatic nitrogens is 4. The van der Waals surface area contributed by atoms with Crippen LogP contribution in [0.15, 0.2) is 53.7 Å². The van der Waals surface area contributed by atoms with E-state index in [1.165, 1.54) is 11.8 Å². The number of rotatable bonds is 4. The molecule has 2 heterocycles. The summed E-state index contributed by atoms with van der Waals surface area (Å²) in [5, 5.41) is 6.07. The quantitative estimate of drug-likeness (QED) is 0.426. The zero-order valence-electron chi connectivity index (χ0n) is 15.3. The fourth-order valence-corrected chi connectivity index (χ4v) is 3.36. The monoisotopic (exact) mass is 377 g/mol. The summed E-state index contributed by atoms with van der Waals surface area (Å²) < 4.78 is 6.92. The first kappa shape index (κ1) is 17.4. The van der Waals surface area contributed by atoms with Crippen LogP contribution >= 0.6 is 11.8 Å². The summed E-state index contributed by atoms with van der Waals surface area (Å²) in [5.41, 5.74) is 10.9. The Bertz CT molecular complexity index is 1120. The van der Waals surface area contributed by atoms with Crippen molar-refractivity contribution in [2.24, 2.45) is 0 Å². The van der Waals surface area contributed by atoms with Crippen molar-refractivity contribution in [3.63, 3.8) is 0 Å². The summed E-state index contributed by atoms with van der Waals surface area (Å²) in [6.45, 7) is 2.06. The lowest BCUT2D eigenvalue weighted by atomic mass is 10.1. The highest BCUT2D eigenvalue weighted by atomic mass is 32.2. The van der Waals surface area contributed by atoms with Gasteiger partial charge in [0.25, 0.3) is 0 Å². The van der Waals surface area contributed by atoms with Gasteiger partial charge in [-0.15, -0.1) is 5.10 Å². The lowest BCUT2D eigenvalue weighted by molar-refractivity contribution is 0.414. The summed E-state index contributed by atoms with van der Waals surface area (Å²) in [7, 11) is 1.64. The zero-order valence-corrected chi connectivity index (χ0v) is 16.1. The topological polar surface area (TPSA) is 78.8 Å². The van der Waals surface area contributed by atoms with Gasteiger partial charge in [-0.2, -0.15) is 0 Å². The third-order valence-electron chi connectivity index (χ3n) is 4.34. The molecule has 0 aliphatic carbocycles. The number of aryl methyl sites for hydroxylation is 1. The van der Waals surface area contributed by atoms with Crippen LogP contribution in [0.25, 0.3) is 28.0 Å². The molecular weight excluding hydrogens is 358 g/mol. The van der Waals surface area contributed by atoms with Crippen molar-refractivity contribution in [1.82, 2.24) is 19.7 Å². The number of methoxy groups -OCH3 is 1. The van der Waals surface area contributed by atoms with E-state index in [2.05, 4.69) is 29.1 Å². The maximum atomic E-state index is 6.49. The number of ether oxygens (including phenoxy) is 1. The average molecular weight is 377 g/mol. The van der Waals surface area contributed by atoms with Gasteiger partial charge in [0, 0.05) is 5.56 Å². The third kappa shape index (κ3) is 3.10. The fourth-order valence-electron chi connectivity index (χ4n) is 3.00. The summed E-state index contributed by atoms with van der Waals surface area (Å²) in [6, 6.07) is 15.8. The lowest BCUT2D eigenvalue weighted by Gasteiger charge is -2.07. The highest BCUT2D eigenvalue weighted by Crippen LogP contribution is 2.33. The molecule has 27 heavy (non-hydrogen) atoms. The molecule has 0 radical (unpaired) electrons. The predicted molar refractivity (Wildman–Crippen MR) is 110 cm³/mol. The molecule has 136 valence electrons. The van der Waals surface area contributed by atoms with Crippen LogP contribution in [0.2, 0.25) is 0 Å². The van der Waals surface area contributed by atoms with E-state index in [1.807, 2.05) is 42.7 Å². The molecule has 6 nitrogen and oxygen atoms in total. The molecule has 7 heteroatoms. The number of fused-ring (bicyclic) bond motifs is 1. The van der Waals surface area contributed by atoms with E-state index in [1.54, 1.807) is 11.8 Å².